The van der Waals surface area contributed by atoms with Crippen molar-refractivity contribution in [2.45, 2.75) is 12.8 Å². The van der Waals surface area contributed by atoms with E-state index in [-0.39, 0.29) is 18.9 Å². The Bertz CT molecular complexity index is 957. The van der Waals surface area contributed by atoms with E-state index in [1.165, 1.54) is 24.6 Å². The van der Waals surface area contributed by atoms with Crippen molar-refractivity contribution >= 4 is 33.3 Å². The number of amides is 1. The van der Waals surface area contributed by atoms with E-state index in [4.69, 9.17) is 4.74 Å². The van der Waals surface area contributed by atoms with Gasteiger partial charge in [0.05, 0.1) is 31.7 Å². The van der Waals surface area contributed by atoms with Gasteiger partial charge in [0, 0.05) is 18.7 Å². The quantitative estimate of drug-likeness (QED) is 0.626. The molecule has 0 aromatic heterocycles. The Morgan fingerprint density at radius 2 is 1.76 bits per heavy atom. The highest BCUT2D eigenvalue weighted by Crippen LogP contribution is 2.22. The van der Waals surface area contributed by atoms with Crippen molar-refractivity contribution < 1.29 is 27.5 Å². The van der Waals surface area contributed by atoms with Crippen LogP contribution in [-0.4, -0.2) is 47.3 Å². The van der Waals surface area contributed by atoms with Gasteiger partial charge < -0.3 is 14.8 Å². The molecule has 0 saturated heterocycles. The Morgan fingerprint density at radius 1 is 1.07 bits per heavy atom. The van der Waals surface area contributed by atoms with Gasteiger partial charge in [-0.2, -0.15) is 0 Å². The molecule has 2 aromatic rings. The summed E-state index contributed by atoms with van der Waals surface area (Å²) in [5, 5.41) is 2.70. The summed E-state index contributed by atoms with van der Waals surface area (Å²) in [4.78, 5) is 23.8. The number of carbonyl (C=O) groups excluding carboxylic acids is 2. The van der Waals surface area contributed by atoms with Crippen LogP contribution >= 0.6 is 0 Å². The third-order valence-electron chi connectivity index (χ3n) is 4.09. The van der Waals surface area contributed by atoms with E-state index in [1.54, 1.807) is 42.5 Å². The van der Waals surface area contributed by atoms with Gasteiger partial charge in [0.15, 0.2) is 0 Å². The second kappa shape index (κ2) is 9.92. The summed E-state index contributed by atoms with van der Waals surface area (Å²) in [6, 6.07) is 13.0. The molecule has 0 saturated carbocycles. The predicted octanol–water partition coefficient (Wildman–Crippen LogP) is 2.67. The molecule has 1 amide bonds. The van der Waals surface area contributed by atoms with Crippen LogP contribution in [0.5, 0.6) is 5.75 Å². The van der Waals surface area contributed by atoms with E-state index >= 15 is 0 Å². The minimum atomic E-state index is -3.50. The van der Waals surface area contributed by atoms with Crippen LogP contribution in [0.1, 0.15) is 23.2 Å². The number of ether oxygens (including phenoxy) is 2. The summed E-state index contributed by atoms with van der Waals surface area (Å²) >= 11 is 0. The number of anilines is 2. The van der Waals surface area contributed by atoms with Crippen LogP contribution in [0.3, 0.4) is 0 Å². The van der Waals surface area contributed by atoms with Gasteiger partial charge in [-0.3, -0.25) is 9.10 Å². The number of hydrogen-bond donors (Lipinski definition) is 1. The highest BCUT2D eigenvalue weighted by Gasteiger charge is 2.18. The molecule has 29 heavy (non-hydrogen) atoms. The fourth-order valence-electron chi connectivity index (χ4n) is 2.68. The highest BCUT2D eigenvalue weighted by atomic mass is 32.2. The Labute approximate surface area is 170 Å². The van der Waals surface area contributed by atoms with Crippen LogP contribution in [0.15, 0.2) is 48.5 Å². The van der Waals surface area contributed by atoms with E-state index in [1.807, 2.05) is 0 Å². The average Bonchev–Trinajstić information content (AvgIpc) is 2.70. The number of carbonyl (C=O) groups is 2. The summed E-state index contributed by atoms with van der Waals surface area (Å²) in [6.07, 6.45) is 1.56. The topological polar surface area (TPSA) is 102 Å². The first kappa shape index (κ1) is 22.2. The molecule has 0 radical (unpaired) electrons. The van der Waals surface area contributed by atoms with Gasteiger partial charge in [0.1, 0.15) is 5.75 Å². The van der Waals surface area contributed by atoms with Crippen LogP contribution in [0, 0.1) is 0 Å². The zero-order valence-electron chi connectivity index (χ0n) is 16.5. The van der Waals surface area contributed by atoms with Gasteiger partial charge >= 0.3 is 5.97 Å². The second-order valence-corrected chi connectivity index (χ2v) is 8.16. The smallest absolute Gasteiger partial charge is 0.337 e. The molecular weight excluding hydrogens is 396 g/mol. The van der Waals surface area contributed by atoms with Gasteiger partial charge in [0.25, 0.3) is 0 Å². The highest BCUT2D eigenvalue weighted by molar-refractivity contribution is 7.92. The minimum Gasteiger partial charge on any atom is -0.497 e. The largest absolute Gasteiger partial charge is 0.497 e. The van der Waals surface area contributed by atoms with Crippen LogP contribution < -0.4 is 14.4 Å². The predicted molar refractivity (Wildman–Crippen MR) is 111 cm³/mol. The van der Waals surface area contributed by atoms with E-state index in [0.717, 1.165) is 6.26 Å². The maximum Gasteiger partial charge on any atom is 0.337 e. The number of nitrogens with one attached hydrogen (secondary N) is 1. The van der Waals surface area contributed by atoms with Gasteiger partial charge in [-0.15, -0.1) is 0 Å². The first-order chi connectivity index (χ1) is 13.7. The Kier molecular flexibility index (Phi) is 7.60. The molecule has 156 valence electrons. The summed E-state index contributed by atoms with van der Waals surface area (Å²) in [5.41, 5.74) is 1.29. The first-order valence-corrected chi connectivity index (χ1v) is 10.7. The Hall–Kier alpha value is -3.07. The molecule has 8 nitrogen and oxygen atoms in total. The zero-order valence-corrected chi connectivity index (χ0v) is 17.4. The molecule has 2 aromatic carbocycles. The van der Waals surface area contributed by atoms with Gasteiger partial charge in [-0.1, -0.05) is 6.07 Å². The molecule has 0 unspecified atom stereocenters. The van der Waals surface area contributed by atoms with E-state index in [2.05, 4.69) is 10.1 Å². The third-order valence-corrected chi connectivity index (χ3v) is 5.29. The molecular formula is C20H24N2O6S. The standard InChI is InChI=1S/C20H24N2O6S/c1-27-18-11-9-17(10-12-18)22(29(3,25)26)13-5-8-19(23)21-16-7-4-6-15(14-16)20(24)28-2/h4,6-7,9-12,14H,5,8,13H2,1-3H3,(H,21,23). The van der Waals surface area contributed by atoms with E-state index in [9.17, 15) is 18.0 Å². The lowest BCUT2D eigenvalue weighted by molar-refractivity contribution is -0.116. The van der Waals surface area contributed by atoms with Crippen LogP contribution in [0.4, 0.5) is 11.4 Å². The van der Waals surface area contributed by atoms with Crippen molar-refractivity contribution in [1.29, 1.82) is 0 Å². The monoisotopic (exact) mass is 420 g/mol. The lowest BCUT2D eigenvalue weighted by Crippen LogP contribution is -2.31. The number of methoxy groups -OCH3 is 2. The maximum atomic E-state index is 12.2. The number of esters is 1. The van der Waals surface area contributed by atoms with Crippen LogP contribution in [0.25, 0.3) is 0 Å². The number of nitrogens with zero attached hydrogens (tertiary/aromatic N) is 1. The lowest BCUT2D eigenvalue weighted by Gasteiger charge is -2.22. The van der Waals surface area contributed by atoms with E-state index < -0.39 is 16.0 Å². The zero-order chi connectivity index (χ0) is 21.4. The molecule has 0 aliphatic heterocycles. The summed E-state index contributed by atoms with van der Waals surface area (Å²) < 4.78 is 35.3. The fraction of sp³-hybridized carbons (Fsp3) is 0.300. The number of sulfonamides is 1. The summed E-state index contributed by atoms with van der Waals surface area (Å²) in [5.74, 6) is -0.157. The lowest BCUT2D eigenvalue weighted by atomic mass is 10.2. The van der Waals surface area contributed by atoms with Gasteiger partial charge in [0.2, 0.25) is 15.9 Å². The molecule has 2 rings (SSSR count). The molecule has 9 heteroatoms. The molecule has 0 fully saturated rings. The number of hydrogen-bond acceptors (Lipinski definition) is 6. The molecule has 0 aliphatic carbocycles. The normalized spacial score (nSPS) is 10.9. The Morgan fingerprint density at radius 3 is 2.34 bits per heavy atom. The molecule has 1 N–H and O–H groups in total. The number of rotatable bonds is 9. The second-order valence-electron chi connectivity index (χ2n) is 6.26. The van der Waals surface area contributed by atoms with Crippen molar-refractivity contribution in [3.63, 3.8) is 0 Å². The average molecular weight is 420 g/mol. The van der Waals surface area contributed by atoms with Crippen molar-refractivity contribution in [1.82, 2.24) is 0 Å². The SMILES string of the molecule is COC(=O)c1cccc(NC(=O)CCCN(c2ccc(OC)cc2)S(C)(=O)=O)c1. The maximum absolute atomic E-state index is 12.2. The van der Waals surface area contributed by atoms with Crippen molar-refractivity contribution in [3.05, 3.63) is 54.1 Å². The summed E-state index contributed by atoms with van der Waals surface area (Å²) in [6.45, 7) is 0.154. The van der Waals surface area contributed by atoms with Crippen LogP contribution in [-0.2, 0) is 19.6 Å². The van der Waals surface area contributed by atoms with Gasteiger partial charge in [-0.25, -0.2) is 13.2 Å². The van der Waals surface area contributed by atoms with Gasteiger partial charge in [-0.05, 0) is 48.9 Å². The van der Waals surface area contributed by atoms with Crippen LogP contribution in [0.2, 0.25) is 0 Å². The molecule has 0 atom stereocenters. The van der Waals surface area contributed by atoms with Crippen molar-refractivity contribution in [2.75, 3.05) is 36.6 Å². The molecule has 0 spiro atoms. The van der Waals surface area contributed by atoms with E-state index in [0.29, 0.717) is 29.1 Å². The fourth-order valence-corrected chi connectivity index (χ4v) is 3.65. The summed E-state index contributed by atoms with van der Waals surface area (Å²) in [7, 11) is -0.691. The molecule has 0 heterocycles. The Balaban J connectivity index is 1.97. The molecule has 0 bridgehead atoms. The molecule has 0 aliphatic rings. The minimum absolute atomic E-state index is 0.116. The van der Waals surface area contributed by atoms with Crippen molar-refractivity contribution in [2.24, 2.45) is 0 Å². The first-order valence-electron chi connectivity index (χ1n) is 8.84. The third kappa shape index (κ3) is 6.49. The van der Waals surface area contributed by atoms with Crippen molar-refractivity contribution in [3.8, 4) is 5.75 Å². The number of benzene rings is 2.